The summed E-state index contributed by atoms with van der Waals surface area (Å²) in [6, 6.07) is 7.13. The number of nitrogen functional groups attached to an aromatic ring is 1. The van der Waals surface area contributed by atoms with Crippen LogP contribution in [0.4, 0.5) is 5.95 Å². The number of nitrogens with zero attached hydrogens (tertiary/aromatic N) is 4. The molecule has 0 aliphatic heterocycles. The lowest BCUT2D eigenvalue weighted by Crippen LogP contribution is -2.22. The van der Waals surface area contributed by atoms with Gasteiger partial charge in [-0.3, -0.25) is 9.36 Å². The highest BCUT2D eigenvalue weighted by Gasteiger charge is 2.17. The van der Waals surface area contributed by atoms with Crippen molar-refractivity contribution in [2.45, 2.75) is 13.5 Å². The fourth-order valence-corrected chi connectivity index (χ4v) is 2.51. The topological polar surface area (TPSA) is 113 Å². The van der Waals surface area contributed by atoms with Crippen LogP contribution < -0.4 is 11.3 Å². The third-order valence-electron chi connectivity index (χ3n) is 3.58. The minimum atomic E-state index is -0.307. The molecule has 24 heavy (non-hydrogen) atoms. The van der Waals surface area contributed by atoms with E-state index in [4.69, 9.17) is 14.6 Å². The highest BCUT2D eigenvalue weighted by atomic mass is 16.3. The first-order chi connectivity index (χ1) is 11.6. The molecule has 0 saturated carbocycles. The SMILES string of the molecule is Cc1ccc(-c2nc(N)nc3c2ncc(=O)n3Cc2ccco2)o1. The number of anilines is 1. The molecule has 4 heterocycles. The summed E-state index contributed by atoms with van der Waals surface area (Å²) in [5.41, 5.74) is 6.73. The van der Waals surface area contributed by atoms with Gasteiger partial charge in [-0.15, -0.1) is 0 Å². The summed E-state index contributed by atoms with van der Waals surface area (Å²) >= 11 is 0. The zero-order valence-electron chi connectivity index (χ0n) is 12.8. The van der Waals surface area contributed by atoms with Gasteiger partial charge in [0.2, 0.25) is 5.95 Å². The highest BCUT2D eigenvalue weighted by Crippen LogP contribution is 2.26. The van der Waals surface area contributed by atoms with Crippen LogP contribution in [0.3, 0.4) is 0 Å². The summed E-state index contributed by atoms with van der Waals surface area (Å²) in [4.78, 5) is 24.9. The number of hydrogen-bond donors (Lipinski definition) is 1. The predicted molar refractivity (Wildman–Crippen MR) is 86.3 cm³/mol. The Kier molecular flexibility index (Phi) is 3.16. The Labute approximate surface area is 135 Å². The van der Waals surface area contributed by atoms with Gasteiger partial charge < -0.3 is 14.6 Å². The molecule has 4 rings (SSSR count). The fourth-order valence-electron chi connectivity index (χ4n) is 2.51. The summed E-state index contributed by atoms with van der Waals surface area (Å²) in [6.07, 6.45) is 2.77. The van der Waals surface area contributed by atoms with Gasteiger partial charge in [0, 0.05) is 0 Å². The zero-order valence-corrected chi connectivity index (χ0v) is 12.8. The molecule has 0 radical (unpaired) electrons. The summed E-state index contributed by atoms with van der Waals surface area (Å²) in [5.74, 6) is 1.91. The van der Waals surface area contributed by atoms with E-state index in [1.807, 2.05) is 13.0 Å². The molecule has 0 spiro atoms. The van der Waals surface area contributed by atoms with E-state index in [1.165, 1.54) is 10.8 Å². The molecule has 4 aromatic heterocycles. The number of fused-ring (bicyclic) bond motifs is 1. The van der Waals surface area contributed by atoms with Crippen molar-refractivity contribution in [1.82, 2.24) is 19.5 Å². The lowest BCUT2D eigenvalue weighted by molar-refractivity contribution is 0.492. The number of aryl methyl sites for hydroxylation is 1. The van der Waals surface area contributed by atoms with Gasteiger partial charge in [0.25, 0.3) is 5.56 Å². The fraction of sp³-hybridized carbons (Fsp3) is 0.125. The summed E-state index contributed by atoms with van der Waals surface area (Å²) in [6.45, 7) is 2.05. The van der Waals surface area contributed by atoms with Crippen molar-refractivity contribution in [2.24, 2.45) is 0 Å². The van der Waals surface area contributed by atoms with Crippen LogP contribution in [0.1, 0.15) is 11.5 Å². The first kappa shape index (κ1) is 14.2. The molecule has 8 heteroatoms. The second kappa shape index (κ2) is 5.34. The molecule has 0 atom stereocenters. The molecule has 0 aromatic carbocycles. The van der Waals surface area contributed by atoms with Crippen molar-refractivity contribution in [1.29, 1.82) is 0 Å². The molecule has 0 aliphatic carbocycles. The normalized spacial score (nSPS) is 11.2. The van der Waals surface area contributed by atoms with E-state index < -0.39 is 0 Å². The number of nitrogens with two attached hydrogens (primary N) is 1. The van der Waals surface area contributed by atoms with Gasteiger partial charge in [0.1, 0.15) is 22.7 Å². The molecule has 0 amide bonds. The Bertz CT molecular complexity index is 1080. The van der Waals surface area contributed by atoms with Gasteiger partial charge in [-0.25, -0.2) is 9.97 Å². The molecule has 0 bridgehead atoms. The van der Waals surface area contributed by atoms with Gasteiger partial charge in [-0.2, -0.15) is 4.98 Å². The maximum absolute atomic E-state index is 12.3. The van der Waals surface area contributed by atoms with E-state index in [1.54, 1.807) is 24.5 Å². The summed E-state index contributed by atoms with van der Waals surface area (Å²) < 4.78 is 12.4. The summed E-state index contributed by atoms with van der Waals surface area (Å²) in [5, 5.41) is 0. The van der Waals surface area contributed by atoms with Gasteiger partial charge in [0.05, 0.1) is 19.0 Å². The minimum Gasteiger partial charge on any atom is -0.467 e. The first-order valence-corrected chi connectivity index (χ1v) is 7.24. The Morgan fingerprint density at radius 2 is 2.12 bits per heavy atom. The standard InChI is InChI=1S/C16H13N5O3/c1-9-4-5-11(24-9)13-14-15(20-16(17)19-13)21(12(22)7-18-14)8-10-3-2-6-23-10/h2-7H,8H2,1H3,(H2,17,19,20). The largest absolute Gasteiger partial charge is 0.467 e. The first-order valence-electron chi connectivity index (χ1n) is 7.24. The number of hydrogen-bond acceptors (Lipinski definition) is 7. The molecule has 120 valence electrons. The molecule has 4 aromatic rings. The monoisotopic (exact) mass is 323 g/mol. The Hall–Kier alpha value is -3.42. The maximum atomic E-state index is 12.3. The Morgan fingerprint density at radius 3 is 2.83 bits per heavy atom. The Morgan fingerprint density at radius 1 is 1.25 bits per heavy atom. The number of aromatic nitrogens is 4. The molecular formula is C16H13N5O3. The van der Waals surface area contributed by atoms with Gasteiger partial charge >= 0.3 is 0 Å². The lowest BCUT2D eigenvalue weighted by atomic mass is 10.2. The van der Waals surface area contributed by atoms with Gasteiger partial charge in [0.15, 0.2) is 11.4 Å². The third-order valence-corrected chi connectivity index (χ3v) is 3.58. The van der Waals surface area contributed by atoms with Crippen molar-refractivity contribution in [3.63, 3.8) is 0 Å². The maximum Gasteiger partial charge on any atom is 0.271 e. The number of rotatable bonds is 3. The van der Waals surface area contributed by atoms with Crippen molar-refractivity contribution >= 4 is 17.1 Å². The molecule has 0 unspecified atom stereocenters. The molecule has 0 saturated heterocycles. The molecule has 0 fully saturated rings. The Balaban J connectivity index is 1.98. The number of furan rings is 2. The predicted octanol–water partition coefficient (Wildman–Crippen LogP) is 1.98. The molecule has 8 nitrogen and oxygen atoms in total. The van der Waals surface area contributed by atoms with Crippen LogP contribution in [0.25, 0.3) is 22.6 Å². The molecule has 2 N–H and O–H groups in total. The van der Waals surface area contributed by atoms with Crippen molar-refractivity contribution in [2.75, 3.05) is 5.73 Å². The average molecular weight is 323 g/mol. The van der Waals surface area contributed by atoms with Crippen molar-refractivity contribution in [3.05, 3.63) is 58.6 Å². The van der Waals surface area contributed by atoms with Crippen LogP contribution >= 0.6 is 0 Å². The van der Waals surface area contributed by atoms with Crippen molar-refractivity contribution in [3.8, 4) is 11.5 Å². The van der Waals surface area contributed by atoms with Crippen LogP contribution in [-0.2, 0) is 6.54 Å². The second-order valence-corrected chi connectivity index (χ2v) is 5.27. The van der Waals surface area contributed by atoms with Crippen LogP contribution in [0.5, 0.6) is 0 Å². The van der Waals surface area contributed by atoms with Gasteiger partial charge in [-0.05, 0) is 31.2 Å². The van der Waals surface area contributed by atoms with Crippen molar-refractivity contribution < 1.29 is 8.83 Å². The highest BCUT2D eigenvalue weighted by molar-refractivity contribution is 5.86. The van der Waals surface area contributed by atoms with Gasteiger partial charge in [-0.1, -0.05) is 0 Å². The van der Waals surface area contributed by atoms with E-state index in [0.29, 0.717) is 28.4 Å². The average Bonchev–Trinajstić information content (AvgIpc) is 3.21. The molecular weight excluding hydrogens is 310 g/mol. The summed E-state index contributed by atoms with van der Waals surface area (Å²) in [7, 11) is 0. The smallest absolute Gasteiger partial charge is 0.271 e. The van der Waals surface area contributed by atoms with E-state index in [9.17, 15) is 4.79 Å². The van der Waals surface area contributed by atoms with E-state index in [-0.39, 0.29) is 18.1 Å². The third kappa shape index (κ3) is 2.34. The van der Waals surface area contributed by atoms with Crippen LogP contribution in [0.15, 0.2) is 50.4 Å². The van der Waals surface area contributed by atoms with E-state index >= 15 is 0 Å². The van der Waals surface area contributed by atoms with Crippen LogP contribution in [-0.4, -0.2) is 19.5 Å². The van der Waals surface area contributed by atoms with Crippen LogP contribution in [0, 0.1) is 6.92 Å². The zero-order chi connectivity index (χ0) is 16.7. The van der Waals surface area contributed by atoms with Crippen LogP contribution in [0.2, 0.25) is 0 Å². The minimum absolute atomic E-state index is 0.0344. The molecule has 0 aliphatic rings. The lowest BCUT2D eigenvalue weighted by Gasteiger charge is -2.09. The van der Waals surface area contributed by atoms with E-state index in [2.05, 4.69) is 15.0 Å². The quantitative estimate of drug-likeness (QED) is 0.613. The van der Waals surface area contributed by atoms with E-state index in [0.717, 1.165) is 5.76 Å². The second-order valence-electron chi connectivity index (χ2n) is 5.27.